The normalized spacial score (nSPS) is 24.1. The summed E-state index contributed by atoms with van der Waals surface area (Å²) in [7, 11) is 0. The summed E-state index contributed by atoms with van der Waals surface area (Å²) in [6.45, 7) is 0. The van der Waals surface area contributed by atoms with E-state index in [1.54, 1.807) is 0 Å². The lowest BCUT2D eigenvalue weighted by molar-refractivity contribution is 0.0858. The molecule has 0 aromatic heterocycles. The molecule has 2 nitrogen and oxygen atoms in total. The van der Waals surface area contributed by atoms with Crippen LogP contribution in [0.25, 0.3) is 0 Å². The fourth-order valence-corrected chi connectivity index (χ4v) is 2.02. The summed E-state index contributed by atoms with van der Waals surface area (Å²) in [5.41, 5.74) is 2.70. The van der Waals surface area contributed by atoms with Gasteiger partial charge in [-0.3, -0.25) is 0 Å². The molecule has 1 aromatic carbocycles. The van der Waals surface area contributed by atoms with E-state index in [0.717, 1.165) is 12.3 Å². The average molecular weight is 201 g/mol. The van der Waals surface area contributed by atoms with E-state index in [0.29, 0.717) is 0 Å². The Balaban J connectivity index is 1.69. The number of benzene rings is 1. The topological polar surface area (TPSA) is 21.6 Å². The first-order chi connectivity index (χ1) is 7.42. The van der Waals surface area contributed by atoms with Gasteiger partial charge in [-0.15, -0.1) is 0 Å². The SMILES string of the molecule is C1=NOC(c2ccc(CC3CC3)cc2)C1. The van der Waals surface area contributed by atoms with Gasteiger partial charge in [-0.1, -0.05) is 29.4 Å². The Kier molecular flexibility index (Phi) is 2.20. The Morgan fingerprint density at radius 3 is 2.60 bits per heavy atom. The molecule has 0 radical (unpaired) electrons. The van der Waals surface area contributed by atoms with Crippen LogP contribution in [0.4, 0.5) is 0 Å². The molecule has 1 aromatic rings. The maximum Gasteiger partial charge on any atom is 0.157 e. The smallest absolute Gasteiger partial charge is 0.157 e. The molecule has 1 aliphatic heterocycles. The van der Waals surface area contributed by atoms with E-state index in [-0.39, 0.29) is 6.10 Å². The van der Waals surface area contributed by atoms with Crippen molar-refractivity contribution in [3.05, 3.63) is 35.4 Å². The zero-order chi connectivity index (χ0) is 10.1. The van der Waals surface area contributed by atoms with Gasteiger partial charge in [-0.25, -0.2) is 0 Å². The van der Waals surface area contributed by atoms with Crippen molar-refractivity contribution < 1.29 is 4.84 Å². The van der Waals surface area contributed by atoms with Crippen LogP contribution in [0.1, 0.15) is 36.5 Å². The first kappa shape index (κ1) is 8.96. The number of nitrogens with zero attached hydrogens (tertiary/aromatic N) is 1. The van der Waals surface area contributed by atoms with Crippen LogP contribution < -0.4 is 0 Å². The maximum atomic E-state index is 5.24. The molecule has 1 aliphatic carbocycles. The Labute approximate surface area is 89.9 Å². The highest BCUT2D eigenvalue weighted by atomic mass is 16.6. The molecule has 1 heterocycles. The molecule has 3 rings (SSSR count). The summed E-state index contributed by atoms with van der Waals surface area (Å²) in [5.74, 6) is 0.960. The van der Waals surface area contributed by atoms with Crippen molar-refractivity contribution in [1.82, 2.24) is 0 Å². The van der Waals surface area contributed by atoms with Crippen molar-refractivity contribution in [2.24, 2.45) is 11.1 Å². The van der Waals surface area contributed by atoms with Crippen molar-refractivity contribution in [2.45, 2.75) is 31.8 Å². The van der Waals surface area contributed by atoms with Crippen molar-refractivity contribution in [1.29, 1.82) is 0 Å². The van der Waals surface area contributed by atoms with Gasteiger partial charge >= 0.3 is 0 Å². The fourth-order valence-electron chi connectivity index (χ4n) is 2.02. The Morgan fingerprint density at radius 2 is 2.00 bits per heavy atom. The number of hydrogen-bond acceptors (Lipinski definition) is 2. The molecule has 0 spiro atoms. The van der Waals surface area contributed by atoms with Crippen LogP contribution in [0.2, 0.25) is 0 Å². The van der Waals surface area contributed by atoms with E-state index in [1.165, 1.54) is 30.4 Å². The Bertz CT molecular complexity index is 357. The summed E-state index contributed by atoms with van der Waals surface area (Å²) >= 11 is 0. The highest BCUT2D eigenvalue weighted by Crippen LogP contribution is 2.33. The van der Waals surface area contributed by atoms with Crippen LogP contribution in [-0.4, -0.2) is 6.21 Å². The molecule has 78 valence electrons. The fraction of sp³-hybridized carbons (Fsp3) is 0.462. The maximum absolute atomic E-state index is 5.24. The molecular weight excluding hydrogens is 186 g/mol. The number of oxime groups is 1. The van der Waals surface area contributed by atoms with Crippen LogP contribution in [0.5, 0.6) is 0 Å². The molecule has 1 unspecified atom stereocenters. The predicted octanol–water partition coefficient (Wildman–Crippen LogP) is 3.09. The minimum Gasteiger partial charge on any atom is -0.388 e. The molecule has 15 heavy (non-hydrogen) atoms. The van der Waals surface area contributed by atoms with Gasteiger partial charge in [-0.05, 0) is 36.3 Å². The van der Waals surface area contributed by atoms with Gasteiger partial charge in [0.05, 0.1) is 0 Å². The molecule has 2 aliphatic rings. The Hall–Kier alpha value is -1.31. The molecule has 0 bridgehead atoms. The molecule has 1 saturated carbocycles. The van der Waals surface area contributed by atoms with E-state index in [1.807, 2.05) is 6.21 Å². The van der Waals surface area contributed by atoms with Gasteiger partial charge in [0.1, 0.15) is 0 Å². The van der Waals surface area contributed by atoms with Crippen molar-refractivity contribution in [3.63, 3.8) is 0 Å². The van der Waals surface area contributed by atoms with E-state index < -0.39 is 0 Å². The highest BCUT2D eigenvalue weighted by molar-refractivity contribution is 5.59. The second-order valence-electron chi connectivity index (χ2n) is 4.51. The summed E-state index contributed by atoms with van der Waals surface area (Å²) in [6, 6.07) is 8.82. The zero-order valence-electron chi connectivity index (χ0n) is 8.73. The van der Waals surface area contributed by atoms with Crippen LogP contribution in [0.15, 0.2) is 29.4 Å². The molecule has 0 amide bonds. The van der Waals surface area contributed by atoms with E-state index in [2.05, 4.69) is 29.4 Å². The molecular formula is C13H15NO. The number of rotatable bonds is 3. The van der Waals surface area contributed by atoms with Gasteiger partial charge in [0.25, 0.3) is 0 Å². The molecule has 1 atom stereocenters. The largest absolute Gasteiger partial charge is 0.388 e. The van der Waals surface area contributed by atoms with Crippen molar-refractivity contribution in [2.75, 3.05) is 0 Å². The van der Waals surface area contributed by atoms with Gasteiger partial charge in [-0.2, -0.15) is 0 Å². The minimum absolute atomic E-state index is 0.153. The van der Waals surface area contributed by atoms with Gasteiger partial charge in [0, 0.05) is 12.6 Å². The quantitative estimate of drug-likeness (QED) is 0.736. The average Bonchev–Trinajstić information content (AvgIpc) is 2.92. The third-order valence-corrected chi connectivity index (χ3v) is 3.15. The highest BCUT2D eigenvalue weighted by Gasteiger charge is 2.21. The van der Waals surface area contributed by atoms with Gasteiger partial charge in [0.2, 0.25) is 0 Å². The van der Waals surface area contributed by atoms with Crippen LogP contribution in [0.3, 0.4) is 0 Å². The lowest BCUT2D eigenvalue weighted by atomic mass is 10.0. The van der Waals surface area contributed by atoms with Crippen LogP contribution in [0, 0.1) is 5.92 Å². The lowest BCUT2D eigenvalue weighted by Crippen LogP contribution is -1.96. The van der Waals surface area contributed by atoms with Crippen molar-refractivity contribution >= 4 is 6.21 Å². The predicted molar refractivity (Wildman–Crippen MR) is 59.8 cm³/mol. The minimum atomic E-state index is 0.153. The van der Waals surface area contributed by atoms with Crippen LogP contribution in [-0.2, 0) is 11.3 Å². The van der Waals surface area contributed by atoms with E-state index in [9.17, 15) is 0 Å². The summed E-state index contributed by atoms with van der Waals surface area (Å²) in [4.78, 5) is 5.24. The lowest BCUT2D eigenvalue weighted by Gasteiger charge is -2.08. The number of hydrogen-bond donors (Lipinski definition) is 0. The second-order valence-corrected chi connectivity index (χ2v) is 4.51. The molecule has 2 heteroatoms. The second kappa shape index (κ2) is 3.69. The van der Waals surface area contributed by atoms with E-state index in [4.69, 9.17) is 4.84 Å². The monoisotopic (exact) mass is 201 g/mol. The Morgan fingerprint density at radius 1 is 1.20 bits per heavy atom. The standard InChI is InChI=1S/C13H15NO/c1-2-10(1)9-11-3-5-12(6-4-11)13-7-8-14-15-13/h3-6,8,10,13H,1-2,7,9H2. The summed E-state index contributed by atoms with van der Waals surface area (Å²) in [5, 5.41) is 3.80. The van der Waals surface area contributed by atoms with E-state index >= 15 is 0 Å². The van der Waals surface area contributed by atoms with Crippen LogP contribution >= 0.6 is 0 Å². The van der Waals surface area contributed by atoms with Gasteiger partial charge < -0.3 is 4.84 Å². The first-order valence-corrected chi connectivity index (χ1v) is 5.68. The summed E-state index contributed by atoms with van der Waals surface area (Å²) < 4.78 is 0. The first-order valence-electron chi connectivity index (χ1n) is 5.68. The molecule has 0 saturated heterocycles. The van der Waals surface area contributed by atoms with Gasteiger partial charge in [0.15, 0.2) is 6.10 Å². The zero-order valence-corrected chi connectivity index (χ0v) is 8.73. The van der Waals surface area contributed by atoms with Crippen molar-refractivity contribution in [3.8, 4) is 0 Å². The third-order valence-electron chi connectivity index (χ3n) is 3.15. The third kappa shape index (κ3) is 2.04. The summed E-state index contributed by atoms with van der Waals surface area (Å²) in [6.07, 6.45) is 6.98. The molecule has 0 N–H and O–H groups in total. The molecule has 1 fully saturated rings.